The van der Waals surface area contributed by atoms with Crippen LogP contribution in [0.4, 0.5) is 0 Å². The topological polar surface area (TPSA) is 27.1 Å². The molecule has 0 radical (unpaired) electrons. The molecule has 144 valence electrons. The van der Waals surface area contributed by atoms with E-state index in [0.29, 0.717) is 5.92 Å². The Kier molecular flexibility index (Phi) is 5.88. The molecule has 0 saturated heterocycles. The first-order valence-corrected chi connectivity index (χ1v) is 10.0. The number of nitrogens with zero attached hydrogens (tertiary/aromatic N) is 2. The predicted octanol–water partition coefficient (Wildman–Crippen LogP) is 6.32. The van der Waals surface area contributed by atoms with Gasteiger partial charge in [-0.25, -0.2) is 4.98 Å². The first kappa shape index (κ1) is 19.5. The fourth-order valence-corrected chi connectivity index (χ4v) is 3.39. The zero-order valence-electron chi connectivity index (χ0n) is 17.3. The first-order chi connectivity index (χ1) is 12.9. The molecule has 0 aliphatic heterocycles. The fraction of sp³-hybridized carbons (Fsp3) is 0.458. The van der Waals surface area contributed by atoms with Gasteiger partial charge >= 0.3 is 0 Å². The van der Waals surface area contributed by atoms with Crippen molar-refractivity contribution in [2.45, 2.75) is 65.3 Å². The van der Waals surface area contributed by atoms with E-state index in [1.165, 1.54) is 11.1 Å². The van der Waals surface area contributed by atoms with Gasteiger partial charge in [-0.3, -0.25) is 0 Å². The number of rotatable bonds is 7. The van der Waals surface area contributed by atoms with E-state index < -0.39 is 0 Å². The van der Waals surface area contributed by atoms with Crippen molar-refractivity contribution in [1.82, 2.24) is 9.55 Å². The van der Waals surface area contributed by atoms with Gasteiger partial charge in [0.25, 0.3) is 0 Å². The highest BCUT2D eigenvalue weighted by Crippen LogP contribution is 2.27. The number of hydrogen-bond donors (Lipinski definition) is 0. The zero-order chi connectivity index (χ0) is 19.4. The number of fused-ring (bicyclic) bond motifs is 1. The average molecular weight is 365 g/mol. The summed E-state index contributed by atoms with van der Waals surface area (Å²) in [6.45, 7) is 12.8. The Bertz CT molecular complexity index is 870. The molecule has 2 aromatic carbocycles. The number of ether oxygens (including phenoxy) is 1. The Labute approximate surface area is 163 Å². The van der Waals surface area contributed by atoms with Gasteiger partial charge in [0.2, 0.25) is 0 Å². The second kappa shape index (κ2) is 8.16. The molecule has 0 atom stereocenters. The van der Waals surface area contributed by atoms with Crippen molar-refractivity contribution in [2.75, 3.05) is 6.61 Å². The van der Waals surface area contributed by atoms with E-state index >= 15 is 0 Å². The normalized spacial score (nSPS) is 12.1. The minimum absolute atomic E-state index is 0.0354. The van der Waals surface area contributed by atoms with Crippen LogP contribution in [0.2, 0.25) is 0 Å². The molecule has 0 spiro atoms. The lowest BCUT2D eigenvalue weighted by Gasteiger charge is -2.20. The molecule has 3 nitrogen and oxygen atoms in total. The maximum Gasteiger partial charge on any atom is 0.119 e. The van der Waals surface area contributed by atoms with E-state index in [-0.39, 0.29) is 5.41 Å². The van der Waals surface area contributed by atoms with E-state index in [1.807, 2.05) is 0 Å². The number of aromatic nitrogens is 2. The molecular formula is C24H32N2O. The molecule has 1 aromatic heterocycles. The predicted molar refractivity (Wildman–Crippen MR) is 114 cm³/mol. The fourth-order valence-electron chi connectivity index (χ4n) is 3.39. The molecule has 3 aromatic rings. The lowest BCUT2D eigenvalue weighted by atomic mass is 9.95. The van der Waals surface area contributed by atoms with Gasteiger partial charge in [0.15, 0.2) is 0 Å². The molecule has 0 N–H and O–H groups in total. The Morgan fingerprint density at radius 3 is 2.33 bits per heavy atom. The van der Waals surface area contributed by atoms with Crippen molar-refractivity contribution in [3.05, 3.63) is 59.9 Å². The number of unbranched alkanes of at least 4 members (excludes halogenated alkanes) is 1. The van der Waals surface area contributed by atoms with Gasteiger partial charge in [0.1, 0.15) is 11.6 Å². The molecule has 0 aliphatic rings. The van der Waals surface area contributed by atoms with Crippen molar-refractivity contribution in [2.24, 2.45) is 0 Å². The third-order valence-electron chi connectivity index (χ3n) is 4.92. The van der Waals surface area contributed by atoms with E-state index in [4.69, 9.17) is 9.72 Å². The third-order valence-corrected chi connectivity index (χ3v) is 4.92. The van der Waals surface area contributed by atoms with Crippen LogP contribution in [0.3, 0.4) is 0 Å². The van der Waals surface area contributed by atoms with Crippen LogP contribution in [-0.2, 0) is 12.0 Å². The van der Waals surface area contributed by atoms with Gasteiger partial charge in [0.05, 0.1) is 17.6 Å². The monoisotopic (exact) mass is 364 g/mol. The molecule has 3 heteroatoms. The lowest BCUT2D eigenvalue weighted by Crippen LogP contribution is -2.19. The molecule has 0 fully saturated rings. The van der Waals surface area contributed by atoms with Gasteiger partial charge in [-0.05, 0) is 48.6 Å². The maximum absolute atomic E-state index is 5.92. The van der Waals surface area contributed by atoms with E-state index in [0.717, 1.165) is 43.1 Å². The lowest BCUT2D eigenvalue weighted by molar-refractivity contribution is 0.302. The molecular weight excluding hydrogens is 332 g/mol. The quantitative estimate of drug-likeness (QED) is 0.459. The number of imidazole rings is 1. The van der Waals surface area contributed by atoms with E-state index in [9.17, 15) is 0 Å². The Balaban J connectivity index is 1.57. The van der Waals surface area contributed by atoms with E-state index in [2.05, 4.69) is 87.7 Å². The van der Waals surface area contributed by atoms with Gasteiger partial charge in [-0.1, -0.05) is 58.9 Å². The smallest absolute Gasteiger partial charge is 0.119 e. The van der Waals surface area contributed by atoms with Gasteiger partial charge < -0.3 is 9.30 Å². The second-order valence-corrected chi connectivity index (χ2v) is 8.61. The van der Waals surface area contributed by atoms with E-state index in [1.54, 1.807) is 0 Å². The summed E-state index contributed by atoms with van der Waals surface area (Å²) in [6.07, 6.45) is 2.11. The summed E-state index contributed by atoms with van der Waals surface area (Å²) in [5, 5.41) is 0. The largest absolute Gasteiger partial charge is 0.494 e. The number of aryl methyl sites for hydroxylation is 1. The van der Waals surface area contributed by atoms with Crippen LogP contribution in [-0.4, -0.2) is 16.2 Å². The maximum atomic E-state index is 5.92. The number of hydrogen-bond acceptors (Lipinski definition) is 2. The zero-order valence-corrected chi connectivity index (χ0v) is 17.3. The van der Waals surface area contributed by atoms with Gasteiger partial charge in [0, 0.05) is 12.0 Å². The highest BCUT2D eigenvalue weighted by atomic mass is 16.5. The molecule has 1 heterocycles. The number of benzene rings is 2. The Hall–Kier alpha value is -2.29. The summed E-state index contributed by atoms with van der Waals surface area (Å²) < 4.78 is 8.30. The molecule has 0 amide bonds. The van der Waals surface area contributed by atoms with Crippen LogP contribution in [0.1, 0.15) is 64.8 Å². The highest BCUT2D eigenvalue weighted by Gasteiger charge is 2.22. The highest BCUT2D eigenvalue weighted by molar-refractivity contribution is 5.76. The van der Waals surface area contributed by atoms with Crippen molar-refractivity contribution in [1.29, 1.82) is 0 Å². The second-order valence-electron chi connectivity index (χ2n) is 8.61. The van der Waals surface area contributed by atoms with Crippen LogP contribution in [0.5, 0.6) is 5.75 Å². The average Bonchev–Trinajstić information content (AvgIpc) is 3.01. The first-order valence-electron chi connectivity index (χ1n) is 10.0. The van der Waals surface area contributed by atoms with Crippen molar-refractivity contribution in [3.63, 3.8) is 0 Å². The van der Waals surface area contributed by atoms with Crippen molar-refractivity contribution in [3.8, 4) is 5.75 Å². The van der Waals surface area contributed by atoms with Crippen LogP contribution in [0, 0.1) is 0 Å². The minimum atomic E-state index is 0.0354. The molecule has 0 aliphatic carbocycles. The van der Waals surface area contributed by atoms with Crippen molar-refractivity contribution < 1.29 is 4.74 Å². The molecule has 0 saturated carbocycles. The van der Waals surface area contributed by atoms with Gasteiger partial charge in [-0.15, -0.1) is 0 Å². The Morgan fingerprint density at radius 1 is 0.963 bits per heavy atom. The SMILES string of the molecule is CC(C)c1ccc(OCCCCn2c(C(C)(C)C)nc3ccccc32)cc1. The van der Waals surface area contributed by atoms with Crippen molar-refractivity contribution >= 4 is 11.0 Å². The summed E-state index contributed by atoms with van der Waals surface area (Å²) in [5.74, 6) is 2.68. The molecule has 27 heavy (non-hydrogen) atoms. The van der Waals surface area contributed by atoms with Crippen LogP contribution in [0.15, 0.2) is 48.5 Å². The number of para-hydroxylation sites is 2. The summed E-state index contributed by atoms with van der Waals surface area (Å²) in [7, 11) is 0. The van der Waals surface area contributed by atoms with Crippen LogP contribution < -0.4 is 4.74 Å². The summed E-state index contributed by atoms with van der Waals surface area (Å²) in [5.41, 5.74) is 3.70. The summed E-state index contributed by atoms with van der Waals surface area (Å²) in [6, 6.07) is 16.9. The Morgan fingerprint density at radius 2 is 1.67 bits per heavy atom. The minimum Gasteiger partial charge on any atom is -0.494 e. The van der Waals surface area contributed by atoms with Gasteiger partial charge in [-0.2, -0.15) is 0 Å². The molecule has 0 unspecified atom stereocenters. The molecule has 0 bridgehead atoms. The standard InChI is InChI=1S/C24H32N2O/c1-18(2)19-12-14-20(15-13-19)27-17-9-8-16-26-22-11-7-6-10-21(22)25-23(26)24(3,4)5/h6-7,10-15,18H,8-9,16-17H2,1-5H3. The van der Waals surface area contributed by atoms with Crippen LogP contribution in [0.25, 0.3) is 11.0 Å². The van der Waals surface area contributed by atoms with Crippen LogP contribution >= 0.6 is 0 Å². The summed E-state index contributed by atoms with van der Waals surface area (Å²) >= 11 is 0. The third kappa shape index (κ3) is 4.71. The summed E-state index contributed by atoms with van der Waals surface area (Å²) in [4.78, 5) is 4.88. The molecule has 3 rings (SSSR count).